The molecular formula is C27H26ClN5O3. The third kappa shape index (κ3) is 4.44. The highest BCUT2D eigenvalue weighted by atomic mass is 35.5. The maximum Gasteiger partial charge on any atom is 0.262 e. The molecule has 184 valence electrons. The Hall–Kier alpha value is -3.78. The van der Waals surface area contributed by atoms with Crippen LogP contribution in [0.15, 0.2) is 54.7 Å². The van der Waals surface area contributed by atoms with E-state index < -0.39 is 11.8 Å². The van der Waals surface area contributed by atoms with E-state index in [1.807, 2.05) is 49.5 Å². The highest BCUT2D eigenvalue weighted by Gasteiger charge is 2.38. The SMILES string of the molecule is CN(C)c1ncc(-c2ccc(Cl)cc2)c([C@@H]2CCCN(C(=O)CN3C(=O)c4ccccc4C3=O)C2)n1. The number of benzene rings is 2. The van der Waals surface area contributed by atoms with Crippen LogP contribution in [0.3, 0.4) is 0 Å². The van der Waals surface area contributed by atoms with E-state index in [2.05, 4.69) is 4.98 Å². The van der Waals surface area contributed by atoms with Gasteiger partial charge in [-0.05, 0) is 42.7 Å². The number of fused-ring (bicyclic) bond motifs is 1. The van der Waals surface area contributed by atoms with Crippen LogP contribution in [-0.2, 0) is 4.79 Å². The van der Waals surface area contributed by atoms with E-state index in [0.29, 0.717) is 35.2 Å². The number of amides is 3. The van der Waals surface area contributed by atoms with Crippen LogP contribution in [0.1, 0.15) is 45.2 Å². The molecule has 0 unspecified atom stereocenters. The second kappa shape index (κ2) is 9.70. The normalized spacial score (nSPS) is 17.4. The average Bonchev–Trinajstić information content (AvgIpc) is 3.14. The number of anilines is 1. The second-order valence-corrected chi connectivity index (χ2v) is 9.73. The summed E-state index contributed by atoms with van der Waals surface area (Å²) in [5, 5.41) is 0.647. The van der Waals surface area contributed by atoms with Crippen LogP contribution < -0.4 is 4.90 Å². The molecule has 0 saturated carbocycles. The lowest BCUT2D eigenvalue weighted by Gasteiger charge is -2.34. The first-order valence-electron chi connectivity index (χ1n) is 11.9. The zero-order chi connectivity index (χ0) is 25.4. The van der Waals surface area contributed by atoms with Crippen LogP contribution in [0.4, 0.5) is 5.95 Å². The first-order valence-corrected chi connectivity index (χ1v) is 12.2. The molecule has 5 rings (SSSR count). The molecule has 0 spiro atoms. The summed E-state index contributed by atoms with van der Waals surface area (Å²) < 4.78 is 0. The molecule has 1 saturated heterocycles. The number of hydrogen-bond acceptors (Lipinski definition) is 6. The van der Waals surface area contributed by atoms with Crippen LogP contribution >= 0.6 is 11.6 Å². The lowest BCUT2D eigenvalue weighted by atomic mass is 9.90. The quantitative estimate of drug-likeness (QED) is 0.491. The number of carbonyl (C=O) groups excluding carboxylic acids is 3. The van der Waals surface area contributed by atoms with Gasteiger partial charge < -0.3 is 9.80 Å². The van der Waals surface area contributed by atoms with Crippen LogP contribution in [-0.4, -0.2) is 71.2 Å². The Balaban J connectivity index is 1.38. The van der Waals surface area contributed by atoms with Crippen molar-refractivity contribution in [3.8, 4) is 11.1 Å². The van der Waals surface area contributed by atoms with E-state index in [0.717, 1.165) is 34.6 Å². The fraction of sp³-hybridized carbons (Fsp3) is 0.296. The Labute approximate surface area is 214 Å². The molecular weight excluding hydrogens is 478 g/mol. The summed E-state index contributed by atoms with van der Waals surface area (Å²) in [6.07, 6.45) is 3.47. The lowest BCUT2D eigenvalue weighted by molar-refractivity contribution is -0.132. The summed E-state index contributed by atoms with van der Waals surface area (Å²) in [6.45, 7) is 0.753. The Kier molecular flexibility index (Phi) is 6.45. The smallest absolute Gasteiger partial charge is 0.262 e. The van der Waals surface area contributed by atoms with Crippen LogP contribution in [0.25, 0.3) is 11.1 Å². The van der Waals surface area contributed by atoms with Gasteiger partial charge in [-0.1, -0.05) is 35.9 Å². The molecule has 2 aliphatic rings. The first kappa shape index (κ1) is 23.9. The van der Waals surface area contributed by atoms with Gasteiger partial charge in [0.25, 0.3) is 11.8 Å². The molecule has 0 N–H and O–H groups in total. The Morgan fingerprint density at radius 2 is 1.69 bits per heavy atom. The monoisotopic (exact) mass is 503 g/mol. The number of nitrogens with zero attached hydrogens (tertiary/aromatic N) is 5. The molecule has 1 aromatic heterocycles. The zero-order valence-electron chi connectivity index (χ0n) is 20.1. The maximum absolute atomic E-state index is 13.3. The van der Waals surface area contributed by atoms with Gasteiger partial charge in [0.1, 0.15) is 6.54 Å². The summed E-state index contributed by atoms with van der Waals surface area (Å²) in [7, 11) is 3.78. The number of imide groups is 1. The van der Waals surface area contributed by atoms with Gasteiger partial charge in [-0.2, -0.15) is 0 Å². The zero-order valence-corrected chi connectivity index (χ0v) is 20.9. The topological polar surface area (TPSA) is 86.7 Å². The summed E-state index contributed by atoms with van der Waals surface area (Å²) in [5.74, 6) is -0.512. The van der Waals surface area contributed by atoms with Gasteiger partial charge in [-0.3, -0.25) is 19.3 Å². The summed E-state index contributed by atoms with van der Waals surface area (Å²) in [6, 6.07) is 14.2. The van der Waals surface area contributed by atoms with Crippen molar-refractivity contribution in [3.05, 3.63) is 76.6 Å². The molecule has 0 bridgehead atoms. The minimum Gasteiger partial charge on any atom is -0.347 e. The van der Waals surface area contributed by atoms with Gasteiger partial charge in [0.15, 0.2) is 0 Å². The number of halogens is 1. The second-order valence-electron chi connectivity index (χ2n) is 9.29. The number of carbonyl (C=O) groups is 3. The minimum absolute atomic E-state index is 0.0164. The number of likely N-dealkylation sites (tertiary alicyclic amines) is 1. The third-order valence-corrected chi connectivity index (χ3v) is 6.95. The Morgan fingerprint density at radius 1 is 1.03 bits per heavy atom. The molecule has 3 aromatic rings. The van der Waals surface area contributed by atoms with Gasteiger partial charge in [0.05, 0.1) is 16.8 Å². The molecule has 9 heteroatoms. The first-order chi connectivity index (χ1) is 17.3. The van der Waals surface area contributed by atoms with Crippen molar-refractivity contribution >= 4 is 35.3 Å². The van der Waals surface area contributed by atoms with E-state index in [1.54, 1.807) is 29.2 Å². The molecule has 2 aliphatic heterocycles. The fourth-order valence-electron chi connectivity index (χ4n) is 4.81. The van der Waals surface area contributed by atoms with Crippen molar-refractivity contribution in [3.63, 3.8) is 0 Å². The van der Waals surface area contributed by atoms with Crippen LogP contribution in [0.5, 0.6) is 0 Å². The number of hydrogen-bond donors (Lipinski definition) is 0. The molecule has 36 heavy (non-hydrogen) atoms. The highest BCUT2D eigenvalue weighted by Crippen LogP contribution is 2.34. The van der Waals surface area contributed by atoms with E-state index in [4.69, 9.17) is 16.6 Å². The Morgan fingerprint density at radius 3 is 2.33 bits per heavy atom. The van der Waals surface area contributed by atoms with E-state index in [1.165, 1.54) is 0 Å². The minimum atomic E-state index is -0.422. The van der Waals surface area contributed by atoms with Gasteiger partial charge in [-0.25, -0.2) is 9.97 Å². The lowest BCUT2D eigenvalue weighted by Crippen LogP contribution is -2.46. The van der Waals surface area contributed by atoms with Crippen LogP contribution in [0.2, 0.25) is 5.02 Å². The van der Waals surface area contributed by atoms with Crippen molar-refractivity contribution in [2.45, 2.75) is 18.8 Å². The molecule has 8 nitrogen and oxygen atoms in total. The predicted molar refractivity (Wildman–Crippen MR) is 137 cm³/mol. The average molecular weight is 504 g/mol. The maximum atomic E-state index is 13.3. The van der Waals surface area contributed by atoms with E-state index >= 15 is 0 Å². The van der Waals surface area contributed by atoms with Crippen molar-refractivity contribution in [2.24, 2.45) is 0 Å². The molecule has 3 heterocycles. The molecule has 3 amide bonds. The van der Waals surface area contributed by atoms with Gasteiger partial charge in [0, 0.05) is 49.9 Å². The van der Waals surface area contributed by atoms with Gasteiger partial charge in [0.2, 0.25) is 11.9 Å². The molecule has 0 radical (unpaired) electrons. The van der Waals surface area contributed by atoms with Crippen LogP contribution in [0, 0.1) is 0 Å². The summed E-state index contributed by atoms with van der Waals surface area (Å²) >= 11 is 6.09. The summed E-state index contributed by atoms with van der Waals surface area (Å²) in [4.78, 5) is 52.8. The predicted octanol–water partition coefficient (Wildman–Crippen LogP) is 3.87. The van der Waals surface area contributed by atoms with E-state index in [-0.39, 0.29) is 18.4 Å². The van der Waals surface area contributed by atoms with Crippen molar-refractivity contribution < 1.29 is 14.4 Å². The number of aromatic nitrogens is 2. The number of piperidine rings is 1. The summed E-state index contributed by atoms with van der Waals surface area (Å²) in [5.41, 5.74) is 3.41. The van der Waals surface area contributed by atoms with E-state index in [9.17, 15) is 14.4 Å². The molecule has 1 fully saturated rings. The molecule has 0 aliphatic carbocycles. The van der Waals surface area contributed by atoms with Crippen molar-refractivity contribution in [1.29, 1.82) is 0 Å². The van der Waals surface area contributed by atoms with Gasteiger partial charge in [-0.15, -0.1) is 0 Å². The fourth-order valence-corrected chi connectivity index (χ4v) is 4.93. The number of rotatable bonds is 5. The highest BCUT2D eigenvalue weighted by molar-refractivity contribution is 6.30. The third-order valence-electron chi connectivity index (χ3n) is 6.69. The molecule has 2 aromatic carbocycles. The van der Waals surface area contributed by atoms with Crippen molar-refractivity contribution in [2.75, 3.05) is 38.6 Å². The molecule has 1 atom stereocenters. The Bertz CT molecular complexity index is 1310. The largest absolute Gasteiger partial charge is 0.347 e. The standard InChI is InChI=1S/C27H26ClN5O3/c1-31(2)27-29-14-22(17-9-11-19(28)12-10-17)24(30-27)18-6-5-13-32(15-18)23(34)16-33-25(35)20-7-3-4-8-21(20)26(33)36/h3-4,7-12,14,18H,5-6,13,15-16H2,1-2H3/t18-/m1/s1. The van der Waals surface area contributed by atoms with Gasteiger partial charge >= 0.3 is 0 Å². The van der Waals surface area contributed by atoms with Crippen molar-refractivity contribution in [1.82, 2.24) is 19.8 Å².